The molecule has 1 saturated heterocycles. The predicted octanol–water partition coefficient (Wildman–Crippen LogP) is 1.46. The third-order valence-electron chi connectivity index (χ3n) is 2.44. The highest BCUT2D eigenvalue weighted by atomic mass is 32.2. The highest BCUT2D eigenvalue weighted by Crippen LogP contribution is 2.30. The number of amides is 1. The summed E-state index contributed by atoms with van der Waals surface area (Å²) in [5.74, 6) is 0.509. The molecule has 0 atom stereocenters. The number of thioether (sulfide) groups is 1. The van der Waals surface area contributed by atoms with Gasteiger partial charge in [-0.1, -0.05) is 16.9 Å². The first kappa shape index (κ1) is 13.7. The van der Waals surface area contributed by atoms with Crippen molar-refractivity contribution in [2.24, 2.45) is 0 Å². The summed E-state index contributed by atoms with van der Waals surface area (Å²) in [5, 5.41) is 4.43. The van der Waals surface area contributed by atoms with Crippen molar-refractivity contribution < 1.29 is 18.8 Å². The van der Waals surface area contributed by atoms with E-state index < -0.39 is 5.97 Å². The fourth-order valence-electron chi connectivity index (χ4n) is 1.64. The van der Waals surface area contributed by atoms with Gasteiger partial charge in [0.25, 0.3) is 0 Å². The van der Waals surface area contributed by atoms with E-state index in [-0.39, 0.29) is 5.91 Å². The minimum absolute atomic E-state index is 0.0544. The zero-order chi connectivity index (χ0) is 13.8. The molecule has 1 aliphatic heterocycles. The number of aryl methyl sites for hydroxylation is 1. The van der Waals surface area contributed by atoms with Gasteiger partial charge in [0.05, 0.1) is 30.0 Å². The van der Waals surface area contributed by atoms with Crippen LogP contribution in [0.1, 0.15) is 18.4 Å². The van der Waals surface area contributed by atoms with Crippen LogP contribution in [0.5, 0.6) is 0 Å². The number of carbonyl (C=O) groups is 2. The zero-order valence-corrected chi connectivity index (χ0v) is 11.5. The van der Waals surface area contributed by atoms with Gasteiger partial charge in [-0.3, -0.25) is 9.69 Å². The van der Waals surface area contributed by atoms with Gasteiger partial charge >= 0.3 is 5.97 Å². The maximum Gasteiger partial charge on any atom is 0.333 e. The Kier molecular flexibility index (Phi) is 4.26. The number of rotatable bonds is 4. The van der Waals surface area contributed by atoms with Crippen LogP contribution in [0.15, 0.2) is 21.7 Å². The van der Waals surface area contributed by atoms with Gasteiger partial charge in [-0.15, -0.1) is 0 Å². The Bertz CT molecular complexity index is 524. The summed E-state index contributed by atoms with van der Waals surface area (Å²) in [7, 11) is 0. The second-order valence-corrected chi connectivity index (χ2v) is 4.93. The molecule has 2 heterocycles. The smallest absolute Gasteiger partial charge is 0.333 e. The van der Waals surface area contributed by atoms with Gasteiger partial charge in [0.15, 0.2) is 0 Å². The summed E-state index contributed by atoms with van der Waals surface area (Å²) in [6, 6.07) is 1.76. The van der Waals surface area contributed by atoms with Gasteiger partial charge in [-0.05, 0) is 13.8 Å². The average molecular weight is 282 g/mol. The van der Waals surface area contributed by atoms with E-state index in [1.165, 1.54) is 22.7 Å². The summed E-state index contributed by atoms with van der Waals surface area (Å²) in [6.07, 6.45) is 1.34. The number of esters is 1. The van der Waals surface area contributed by atoms with Gasteiger partial charge < -0.3 is 9.26 Å². The van der Waals surface area contributed by atoms with Crippen molar-refractivity contribution >= 4 is 23.6 Å². The topological polar surface area (TPSA) is 72.6 Å². The summed E-state index contributed by atoms with van der Waals surface area (Å²) in [5.41, 5.74) is 0.656. The molecule has 1 aromatic heterocycles. The van der Waals surface area contributed by atoms with Crippen LogP contribution in [0.4, 0.5) is 0 Å². The van der Waals surface area contributed by atoms with Crippen LogP contribution in [-0.4, -0.2) is 34.3 Å². The lowest BCUT2D eigenvalue weighted by molar-refractivity contribution is -0.137. The van der Waals surface area contributed by atoms with E-state index in [9.17, 15) is 9.59 Å². The lowest BCUT2D eigenvalue weighted by Gasteiger charge is -2.14. The van der Waals surface area contributed by atoms with E-state index >= 15 is 0 Å². The number of hydrogen-bond donors (Lipinski definition) is 0. The molecule has 1 fully saturated rings. The number of carbonyl (C=O) groups excluding carboxylic acids is 2. The first-order valence-electron chi connectivity index (χ1n) is 5.84. The molecule has 2 rings (SSSR count). The number of nitrogens with zero attached hydrogens (tertiary/aromatic N) is 2. The third kappa shape index (κ3) is 3.37. The Hall–Kier alpha value is -1.76. The molecule has 0 N–H and O–H groups in total. The lowest BCUT2D eigenvalue weighted by atomic mass is 10.3. The first-order chi connectivity index (χ1) is 9.10. The third-order valence-corrected chi connectivity index (χ3v) is 3.46. The van der Waals surface area contributed by atoms with Crippen molar-refractivity contribution in [3.05, 3.63) is 28.6 Å². The number of hydrogen-bond acceptors (Lipinski definition) is 6. The van der Waals surface area contributed by atoms with E-state index in [1.54, 1.807) is 19.9 Å². The van der Waals surface area contributed by atoms with Crippen molar-refractivity contribution in [2.45, 2.75) is 20.4 Å². The van der Waals surface area contributed by atoms with Crippen LogP contribution in [0.3, 0.4) is 0 Å². The first-order valence-corrected chi connectivity index (χ1v) is 6.82. The molecule has 0 radical (unpaired) electrons. The maximum absolute atomic E-state index is 11.8. The Balaban J connectivity index is 2.11. The standard InChI is InChI=1S/C12H14N2O4S/c1-3-17-12(16)5-11-14(10(15)7-19-11)6-9-4-8(2)18-13-9/h4-5H,3,6-7H2,1-2H3/b11-5-. The molecule has 1 aromatic rings. The van der Waals surface area contributed by atoms with Gasteiger partial charge in [0.1, 0.15) is 11.5 Å². The molecule has 102 valence electrons. The van der Waals surface area contributed by atoms with E-state index in [2.05, 4.69) is 5.16 Å². The molecular formula is C12H14N2O4S. The number of aromatic nitrogens is 1. The molecule has 0 unspecified atom stereocenters. The fraction of sp³-hybridized carbons (Fsp3) is 0.417. The number of ether oxygens (including phenoxy) is 1. The Morgan fingerprint density at radius 2 is 2.47 bits per heavy atom. The summed E-state index contributed by atoms with van der Waals surface area (Å²) >= 11 is 1.32. The van der Waals surface area contributed by atoms with Crippen LogP contribution < -0.4 is 0 Å². The average Bonchev–Trinajstić information content (AvgIpc) is 2.90. The minimum Gasteiger partial charge on any atom is -0.463 e. The van der Waals surface area contributed by atoms with Crippen molar-refractivity contribution in [3.63, 3.8) is 0 Å². The van der Waals surface area contributed by atoms with E-state index in [1.807, 2.05) is 0 Å². The molecule has 0 aliphatic carbocycles. The van der Waals surface area contributed by atoms with Gasteiger partial charge in [0, 0.05) is 6.07 Å². The largest absolute Gasteiger partial charge is 0.463 e. The normalized spacial score (nSPS) is 17.3. The van der Waals surface area contributed by atoms with Crippen molar-refractivity contribution in [1.29, 1.82) is 0 Å². The molecule has 0 saturated carbocycles. The van der Waals surface area contributed by atoms with Crippen LogP contribution in [0, 0.1) is 6.92 Å². The van der Waals surface area contributed by atoms with Crippen molar-refractivity contribution in [2.75, 3.05) is 12.4 Å². The molecule has 1 amide bonds. The second-order valence-electron chi connectivity index (χ2n) is 3.93. The Morgan fingerprint density at radius 3 is 3.11 bits per heavy atom. The summed E-state index contributed by atoms with van der Waals surface area (Å²) in [4.78, 5) is 24.7. The molecule has 0 bridgehead atoms. The highest BCUT2D eigenvalue weighted by molar-refractivity contribution is 8.04. The van der Waals surface area contributed by atoms with Gasteiger partial charge in [-0.2, -0.15) is 0 Å². The monoisotopic (exact) mass is 282 g/mol. The Labute approximate surface area is 114 Å². The fourth-order valence-corrected chi connectivity index (χ4v) is 2.57. The quantitative estimate of drug-likeness (QED) is 0.615. The summed E-state index contributed by atoms with van der Waals surface area (Å²) < 4.78 is 9.80. The van der Waals surface area contributed by atoms with Gasteiger partial charge in [0.2, 0.25) is 5.91 Å². The van der Waals surface area contributed by atoms with Crippen molar-refractivity contribution in [3.8, 4) is 0 Å². The molecule has 0 aromatic carbocycles. The highest BCUT2D eigenvalue weighted by Gasteiger charge is 2.28. The van der Waals surface area contributed by atoms with Crippen LogP contribution >= 0.6 is 11.8 Å². The molecule has 6 nitrogen and oxygen atoms in total. The lowest BCUT2D eigenvalue weighted by Crippen LogP contribution is -2.24. The van der Waals surface area contributed by atoms with E-state index in [0.29, 0.717) is 35.4 Å². The Morgan fingerprint density at radius 1 is 1.68 bits per heavy atom. The van der Waals surface area contributed by atoms with E-state index in [4.69, 9.17) is 9.26 Å². The summed E-state index contributed by atoms with van der Waals surface area (Å²) in [6.45, 7) is 4.13. The van der Waals surface area contributed by atoms with E-state index in [0.717, 1.165) is 0 Å². The second kappa shape index (κ2) is 5.92. The minimum atomic E-state index is -0.443. The molecule has 0 spiro atoms. The zero-order valence-electron chi connectivity index (χ0n) is 10.7. The predicted molar refractivity (Wildman–Crippen MR) is 69.0 cm³/mol. The SMILES string of the molecule is CCOC(=O)/C=C1\SCC(=O)N1Cc1cc(C)on1. The molecule has 19 heavy (non-hydrogen) atoms. The molecule has 1 aliphatic rings. The molecular weight excluding hydrogens is 268 g/mol. The van der Waals surface area contributed by atoms with Crippen LogP contribution in [0.25, 0.3) is 0 Å². The van der Waals surface area contributed by atoms with Crippen molar-refractivity contribution in [1.82, 2.24) is 10.1 Å². The molecule has 7 heteroatoms. The van der Waals surface area contributed by atoms with Crippen LogP contribution in [0.2, 0.25) is 0 Å². The van der Waals surface area contributed by atoms with Gasteiger partial charge in [-0.25, -0.2) is 4.79 Å². The van der Waals surface area contributed by atoms with Crippen LogP contribution in [-0.2, 0) is 20.9 Å². The maximum atomic E-state index is 11.8.